The van der Waals surface area contributed by atoms with Crippen LogP contribution in [-0.4, -0.2) is 122 Å². The molecule has 0 radical (unpaired) electrons. The summed E-state index contributed by atoms with van der Waals surface area (Å²) in [5, 5.41) is 8.25. The van der Waals surface area contributed by atoms with Crippen molar-refractivity contribution in [2.45, 2.75) is 64.2 Å². The van der Waals surface area contributed by atoms with E-state index in [1.54, 1.807) is 85.8 Å². The van der Waals surface area contributed by atoms with Gasteiger partial charge < -0.3 is 49.4 Å². The van der Waals surface area contributed by atoms with E-state index in [9.17, 15) is 33.6 Å². The third kappa shape index (κ3) is 11.4. The van der Waals surface area contributed by atoms with Gasteiger partial charge in [0.15, 0.2) is 23.0 Å². The lowest BCUT2D eigenvalue weighted by Gasteiger charge is -2.24. The Kier molecular flexibility index (Phi) is 15.6. The third-order valence-corrected chi connectivity index (χ3v) is 14.4. The van der Waals surface area contributed by atoms with E-state index in [-0.39, 0.29) is 48.6 Å². The summed E-state index contributed by atoms with van der Waals surface area (Å²) in [5.74, 6) is -1.01. The summed E-state index contributed by atoms with van der Waals surface area (Å²) < 4.78 is 29.0. The predicted octanol–water partition coefficient (Wildman–Crippen LogP) is 7.83. The van der Waals surface area contributed by atoms with Gasteiger partial charge in [-0.25, -0.2) is 4.90 Å². The third-order valence-electron chi connectivity index (χ3n) is 14.4. The molecule has 0 spiro atoms. The molecule has 81 heavy (non-hydrogen) atoms. The molecule has 0 aromatic heterocycles. The van der Waals surface area contributed by atoms with Crippen LogP contribution in [0.4, 0.5) is 22.7 Å². The molecule has 414 valence electrons. The zero-order valence-corrected chi connectivity index (χ0v) is 45.3. The fraction of sp³-hybridized carbons (Fsp3) is 0.262. The van der Waals surface area contributed by atoms with Crippen molar-refractivity contribution in [3.8, 4) is 28.7 Å². The summed E-state index contributed by atoms with van der Waals surface area (Å²) in [6.45, 7) is 5.54. The Balaban J connectivity index is 0.706. The minimum atomic E-state index is -0.986. The topological polar surface area (TPSA) is 236 Å². The molecule has 7 amide bonds. The number of imide groups is 1. The number of carbonyl (C=O) groups is 7. The molecule has 5 heterocycles. The van der Waals surface area contributed by atoms with E-state index in [4.69, 9.17) is 33.7 Å². The second kappa shape index (κ2) is 23.2. The Labute approximate surface area is 466 Å². The highest BCUT2D eigenvalue weighted by Gasteiger charge is 2.36. The van der Waals surface area contributed by atoms with Crippen LogP contribution in [0.15, 0.2) is 132 Å². The van der Waals surface area contributed by atoms with Crippen molar-refractivity contribution in [3.05, 3.63) is 149 Å². The maximum atomic E-state index is 14.1. The lowest BCUT2D eigenvalue weighted by molar-refractivity contribution is -0.128. The number of methoxy groups -OCH3 is 3. The Bertz CT molecular complexity index is 3500. The average molecular weight is 1100 g/mol. The number of rotatable bonds is 19. The molecule has 0 unspecified atom stereocenters. The number of aliphatic imine (C=N–C) groups is 2. The van der Waals surface area contributed by atoms with Gasteiger partial charge in [0.1, 0.15) is 17.8 Å². The van der Waals surface area contributed by atoms with Crippen LogP contribution in [0, 0.1) is 5.92 Å². The summed E-state index contributed by atoms with van der Waals surface area (Å²) >= 11 is 0. The SMILES string of the molecule is COc1ccc(C2=CN3C(=O)c4cc(OC)c(OCCCOc5cc6c(cc5OC)C(=O)N5C=C(c7ccc(NC(=O)[C@H](C)NC(=O)[C@@H](NC(=O)c8ccc(N9C(=O)C=CC9=O)cc8)C(C)C)cc7)C[C@H]5C=N6)cc4N=C[C@@H]3C2)cc1. The molecule has 0 saturated carbocycles. The van der Waals surface area contributed by atoms with Crippen LogP contribution in [0.1, 0.15) is 82.2 Å². The molecule has 0 bridgehead atoms. The van der Waals surface area contributed by atoms with Crippen molar-refractivity contribution >= 4 is 87.7 Å². The maximum Gasteiger partial charge on any atom is 0.260 e. The van der Waals surface area contributed by atoms with Crippen LogP contribution in [0.5, 0.6) is 28.7 Å². The molecule has 5 aliphatic heterocycles. The Morgan fingerprint density at radius 1 is 0.605 bits per heavy atom. The monoisotopic (exact) mass is 1090 g/mol. The highest BCUT2D eigenvalue weighted by molar-refractivity contribution is 6.28. The van der Waals surface area contributed by atoms with E-state index in [2.05, 4.69) is 16.0 Å². The second-order valence-corrected chi connectivity index (χ2v) is 20.0. The minimum absolute atomic E-state index is 0.188. The average Bonchev–Trinajstić information content (AvgIpc) is 4.23. The number of hydrogen-bond donors (Lipinski definition) is 3. The molecular formula is C61H58N8O12. The van der Waals surface area contributed by atoms with E-state index < -0.39 is 41.6 Å². The fourth-order valence-electron chi connectivity index (χ4n) is 9.93. The van der Waals surface area contributed by atoms with Crippen molar-refractivity contribution < 1.29 is 57.2 Å². The highest BCUT2D eigenvalue weighted by atomic mass is 16.5. The number of nitrogens with zero attached hydrogens (tertiary/aromatic N) is 5. The number of ether oxygens (including phenoxy) is 5. The van der Waals surface area contributed by atoms with Crippen LogP contribution < -0.4 is 44.5 Å². The normalized spacial score (nSPS) is 17.5. The van der Waals surface area contributed by atoms with E-state index in [0.717, 1.165) is 32.9 Å². The van der Waals surface area contributed by atoms with E-state index >= 15 is 0 Å². The standard InChI is InChI=1S/C61H58N8O12/c1-34(2)56(66-58(73)38-10-16-42(17-11-38)69-54(70)20-21-55(69)71)59(74)64-35(3)57(72)65-41-14-8-36(9-15-41)39-24-43-30-62-48-28-52(50(78-5)26-46(48)60(75)67(43)32-39)80-22-7-23-81-53-29-49-47(27-51(53)79-6)61(76)68-33-40(25-44(68)31-63-49)37-12-18-45(77-4)19-13-37/h8-21,26-35,43-44,56H,7,22-25H2,1-6H3,(H,64,74)(H,65,72)(H,66,73)/t35-,43-,44-,56-/m0/s1. The molecular weight excluding hydrogens is 1040 g/mol. The molecule has 0 saturated heterocycles. The maximum absolute atomic E-state index is 14.1. The van der Waals surface area contributed by atoms with Gasteiger partial charge in [0, 0.05) is 79.6 Å². The van der Waals surface area contributed by atoms with Crippen LogP contribution in [0.2, 0.25) is 0 Å². The smallest absolute Gasteiger partial charge is 0.260 e. The first-order valence-corrected chi connectivity index (χ1v) is 26.3. The molecule has 5 aliphatic rings. The molecule has 20 nitrogen and oxygen atoms in total. The van der Waals surface area contributed by atoms with E-state index in [1.165, 1.54) is 57.6 Å². The largest absolute Gasteiger partial charge is 0.497 e. The Morgan fingerprint density at radius 3 is 1.59 bits per heavy atom. The van der Waals surface area contributed by atoms with Crippen molar-refractivity contribution in [3.63, 3.8) is 0 Å². The first-order chi connectivity index (χ1) is 39.1. The summed E-state index contributed by atoms with van der Waals surface area (Å²) in [4.78, 5) is 106. The number of carbonyl (C=O) groups excluding carboxylic acids is 7. The molecule has 0 fully saturated rings. The fourth-order valence-corrected chi connectivity index (χ4v) is 9.93. The lowest BCUT2D eigenvalue weighted by atomic mass is 10.0. The van der Waals surface area contributed by atoms with Gasteiger partial charge >= 0.3 is 0 Å². The molecule has 3 N–H and O–H groups in total. The van der Waals surface area contributed by atoms with Crippen molar-refractivity contribution in [1.29, 1.82) is 0 Å². The van der Waals surface area contributed by atoms with Crippen molar-refractivity contribution in [1.82, 2.24) is 20.4 Å². The molecule has 20 heteroatoms. The number of hydrogen-bond acceptors (Lipinski definition) is 14. The minimum Gasteiger partial charge on any atom is -0.497 e. The quantitative estimate of drug-likeness (QED) is 0.0530. The molecule has 5 aromatic carbocycles. The van der Waals surface area contributed by atoms with Crippen LogP contribution in [0.25, 0.3) is 11.1 Å². The first kappa shape index (κ1) is 54.5. The van der Waals surface area contributed by atoms with Crippen LogP contribution >= 0.6 is 0 Å². The second-order valence-electron chi connectivity index (χ2n) is 20.0. The van der Waals surface area contributed by atoms with E-state index in [0.29, 0.717) is 76.1 Å². The van der Waals surface area contributed by atoms with E-state index in [1.807, 2.05) is 42.6 Å². The molecule has 5 aromatic rings. The van der Waals surface area contributed by atoms with Gasteiger partial charge in [-0.05, 0) is 95.8 Å². The van der Waals surface area contributed by atoms with Crippen molar-refractivity contribution in [2.75, 3.05) is 44.8 Å². The van der Waals surface area contributed by atoms with Gasteiger partial charge in [0.25, 0.3) is 29.5 Å². The highest BCUT2D eigenvalue weighted by Crippen LogP contribution is 2.42. The number of nitrogens with one attached hydrogen (secondary N) is 3. The summed E-state index contributed by atoms with van der Waals surface area (Å²) in [6, 6.07) is 24.8. The first-order valence-electron chi connectivity index (χ1n) is 26.3. The Hall–Kier alpha value is -9.85. The van der Waals surface area contributed by atoms with Gasteiger partial charge in [0.2, 0.25) is 11.8 Å². The number of benzene rings is 5. The van der Waals surface area contributed by atoms with Gasteiger partial charge in [0.05, 0.1) is 74.8 Å². The van der Waals surface area contributed by atoms with Gasteiger partial charge in [-0.2, -0.15) is 0 Å². The summed E-state index contributed by atoms with van der Waals surface area (Å²) in [5.41, 5.74) is 6.39. The number of anilines is 2. The summed E-state index contributed by atoms with van der Waals surface area (Å²) in [7, 11) is 4.64. The van der Waals surface area contributed by atoms with Crippen molar-refractivity contribution in [2.24, 2.45) is 15.9 Å². The van der Waals surface area contributed by atoms with Crippen LogP contribution in [-0.2, 0) is 19.2 Å². The molecule has 4 atom stereocenters. The lowest BCUT2D eigenvalue weighted by Crippen LogP contribution is -2.53. The summed E-state index contributed by atoms with van der Waals surface area (Å²) in [6.07, 6.45) is 11.1. The predicted molar refractivity (Wildman–Crippen MR) is 303 cm³/mol. The zero-order chi connectivity index (χ0) is 57.1. The Morgan fingerprint density at radius 2 is 1.11 bits per heavy atom. The number of amides is 7. The zero-order valence-electron chi connectivity index (χ0n) is 45.3. The van der Waals surface area contributed by atoms with Gasteiger partial charge in [-0.15, -0.1) is 0 Å². The molecule has 0 aliphatic carbocycles. The van der Waals surface area contributed by atoms with Gasteiger partial charge in [-0.3, -0.25) is 43.5 Å². The number of fused-ring (bicyclic) bond motifs is 4. The van der Waals surface area contributed by atoms with Gasteiger partial charge in [-0.1, -0.05) is 38.1 Å². The van der Waals surface area contributed by atoms with Crippen LogP contribution in [0.3, 0.4) is 0 Å². The molecule has 10 rings (SSSR count).